The van der Waals surface area contributed by atoms with Crippen LogP contribution >= 0.6 is 0 Å². The van der Waals surface area contributed by atoms with Gasteiger partial charge in [-0.05, 0) is 0 Å². The summed E-state index contributed by atoms with van der Waals surface area (Å²) < 4.78 is 22.8. The monoisotopic (exact) mass is 196 g/mol. The van der Waals surface area contributed by atoms with Gasteiger partial charge in [-0.15, -0.1) is 0 Å². The molecule has 0 aromatic carbocycles. The van der Waals surface area contributed by atoms with Crippen molar-refractivity contribution in [1.82, 2.24) is 0 Å². The summed E-state index contributed by atoms with van der Waals surface area (Å²) >= 11 is -2.61. The molecule has 0 heterocycles. The summed E-state index contributed by atoms with van der Waals surface area (Å²) in [7, 11) is 0. The van der Waals surface area contributed by atoms with Crippen LogP contribution in [0.25, 0.3) is 0 Å². The van der Waals surface area contributed by atoms with Crippen LogP contribution in [-0.2, 0) is 11.4 Å². The first kappa shape index (κ1) is 70.7. The molecule has 0 aliphatic heterocycles. The van der Waals surface area contributed by atoms with Crippen LogP contribution in [0.4, 0.5) is 0 Å². The van der Waals surface area contributed by atoms with E-state index in [9.17, 15) is 0 Å². The standard InChI is InChI=1S/Na.H2O3S.5H2O.H/c;1-4(2)3;;;;;;/h;(H2,1,2,3);5*1H2;. The molecule has 0 aromatic heterocycles. The molecular weight excluding hydrogens is 183 g/mol. The molecule has 0 fully saturated rings. The molecular formula is H13NaO8S. The second-order valence-electron chi connectivity index (χ2n) is 0.231. The van der Waals surface area contributed by atoms with Crippen LogP contribution in [0.5, 0.6) is 0 Å². The normalized spacial score (nSPS) is 3.50. The van der Waals surface area contributed by atoms with Gasteiger partial charge < -0.3 is 27.4 Å². The number of hydrogen-bond donors (Lipinski definition) is 2. The topological polar surface area (TPSA) is 215 Å². The van der Waals surface area contributed by atoms with Crippen molar-refractivity contribution in [1.29, 1.82) is 0 Å². The third-order valence-electron chi connectivity index (χ3n) is 0. The number of rotatable bonds is 0. The van der Waals surface area contributed by atoms with Crippen molar-refractivity contribution in [2.45, 2.75) is 0 Å². The SMILES string of the molecule is O.O.O.O.O.O=S(O)O.[NaH]. The Balaban J connectivity index is -0.00000000300. The van der Waals surface area contributed by atoms with Gasteiger partial charge in [0.25, 0.3) is 11.4 Å². The summed E-state index contributed by atoms with van der Waals surface area (Å²) in [5.41, 5.74) is 0. The molecule has 12 N–H and O–H groups in total. The summed E-state index contributed by atoms with van der Waals surface area (Å²) in [6, 6.07) is 0. The summed E-state index contributed by atoms with van der Waals surface area (Å²) in [4.78, 5) is 0. The molecule has 10 heteroatoms. The molecule has 0 saturated heterocycles. The van der Waals surface area contributed by atoms with Gasteiger partial charge >= 0.3 is 29.6 Å². The van der Waals surface area contributed by atoms with Crippen molar-refractivity contribution < 1.29 is 40.7 Å². The van der Waals surface area contributed by atoms with Crippen molar-refractivity contribution >= 4 is 40.9 Å². The predicted molar refractivity (Wildman–Crippen MR) is 38.6 cm³/mol. The van der Waals surface area contributed by atoms with Crippen LogP contribution in [0.1, 0.15) is 0 Å². The Morgan fingerprint density at radius 3 is 0.800 bits per heavy atom. The van der Waals surface area contributed by atoms with E-state index in [2.05, 4.69) is 0 Å². The zero-order valence-corrected chi connectivity index (χ0v) is 5.03. The summed E-state index contributed by atoms with van der Waals surface area (Å²) in [5, 5.41) is 0. The van der Waals surface area contributed by atoms with Crippen LogP contribution in [-0.4, -0.2) is 70.3 Å². The fourth-order valence-electron chi connectivity index (χ4n) is 0. The minimum absolute atomic E-state index is 0. The molecule has 0 bridgehead atoms. The van der Waals surface area contributed by atoms with Gasteiger partial charge in [0.05, 0.1) is 0 Å². The third-order valence-corrected chi connectivity index (χ3v) is 0. The fourth-order valence-corrected chi connectivity index (χ4v) is 0. The Labute approximate surface area is 81.6 Å². The second-order valence-corrected chi connectivity index (χ2v) is 0.692. The molecule has 10 heavy (non-hydrogen) atoms. The minimum atomic E-state index is -2.61. The molecule has 0 aliphatic carbocycles. The summed E-state index contributed by atoms with van der Waals surface area (Å²) in [6.45, 7) is 0. The van der Waals surface area contributed by atoms with Gasteiger partial charge in [-0.1, -0.05) is 0 Å². The van der Waals surface area contributed by atoms with E-state index in [1.807, 2.05) is 0 Å². The van der Waals surface area contributed by atoms with Gasteiger partial charge in [0, 0.05) is 0 Å². The van der Waals surface area contributed by atoms with E-state index in [0.29, 0.717) is 0 Å². The first-order chi connectivity index (χ1) is 1.73. The molecule has 0 rings (SSSR count). The molecule has 0 atom stereocenters. The van der Waals surface area contributed by atoms with E-state index in [1.54, 1.807) is 0 Å². The number of hydrogen-bond acceptors (Lipinski definition) is 1. The first-order valence-electron chi connectivity index (χ1n) is 0.532. The van der Waals surface area contributed by atoms with Crippen LogP contribution in [0.2, 0.25) is 0 Å². The Kier molecular flexibility index (Phi) is 367. The van der Waals surface area contributed by atoms with E-state index >= 15 is 0 Å². The van der Waals surface area contributed by atoms with Gasteiger partial charge in [0.15, 0.2) is 0 Å². The zero-order valence-electron chi connectivity index (χ0n) is 4.21. The van der Waals surface area contributed by atoms with E-state index in [-0.39, 0.29) is 56.9 Å². The van der Waals surface area contributed by atoms with Gasteiger partial charge in [0.2, 0.25) is 0 Å². The fraction of sp³-hybridized carbons (Fsp3) is 0. The molecule has 0 aromatic rings. The van der Waals surface area contributed by atoms with E-state index in [0.717, 1.165) is 0 Å². The Bertz CT molecular complexity index is 32.2. The summed E-state index contributed by atoms with van der Waals surface area (Å²) in [5.74, 6) is 0. The predicted octanol–water partition coefficient (Wildman–Crippen LogP) is -5.09. The molecule has 8 nitrogen and oxygen atoms in total. The van der Waals surface area contributed by atoms with Crippen molar-refractivity contribution in [3.8, 4) is 0 Å². The van der Waals surface area contributed by atoms with Gasteiger partial charge in [0.1, 0.15) is 0 Å². The Morgan fingerprint density at radius 1 is 0.800 bits per heavy atom. The third kappa shape index (κ3) is 726. The quantitative estimate of drug-likeness (QED) is 0.287. The molecule has 0 spiro atoms. The van der Waals surface area contributed by atoms with Gasteiger partial charge in [-0.3, -0.25) is 9.11 Å². The average molecular weight is 196 g/mol. The van der Waals surface area contributed by atoms with Crippen LogP contribution < -0.4 is 0 Å². The summed E-state index contributed by atoms with van der Waals surface area (Å²) in [6.07, 6.45) is 0. The molecule has 0 aliphatic rings. The van der Waals surface area contributed by atoms with E-state index in [1.165, 1.54) is 0 Å². The zero-order chi connectivity index (χ0) is 3.58. The van der Waals surface area contributed by atoms with Crippen molar-refractivity contribution in [3.63, 3.8) is 0 Å². The maximum absolute atomic E-state index is 8.67. The van der Waals surface area contributed by atoms with Crippen LogP contribution in [0.15, 0.2) is 0 Å². The molecule has 0 saturated carbocycles. The molecule has 0 radical (unpaired) electrons. The maximum atomic E-state index is 8.67. The van der Waals surface area contributed by atoms with Crippen molar-refractivity contribution in [2.75, 3.05) is 0 Å². The van der Waals surface area contributed by atoms with Gasteiger partial charge in [-0.25, -0.2) is 0 Å². The second kappa shape index (κ2) is 51.8. The van der Waals surface area contributed by atoms with Crippen LogP contribution in [0, 0.1) is 0 Å². The molecule has 68 valence electrons. The van der Waals surface area contributed by atoms with E-state index in [4.69, 9.17) is 13.3 Å². The Morgan fingerprint density at radius 2 is 0.800 bits per heavy atom. The van der Waals surface area contributed by atoms with Crippen molar-refractivity contribution in [3.05, 3.63) is 0 Å². The van der Waals surface area contributed by atoms with E-state index < -0.39 is 11.4 Å². The molecule has 0 unspecified atom stereocenters. The Hall–Kier alpha value is 0.870. The van der Waals surface area contributed by atoms with Crippen molar-refractivity contribution in [2.24, 2.45) is 0 Å². The molecule has 0 amide bonds. The average Bonchev–Trinajstić information content (AvgIpc) is 0.811. The first-order valence-corrected chi connectivity index (χ1v) is 1.60. The van der Waals surface area contributed by atoms with Crippen LogP contribution in [0.3, 0.4) is 0 Å². The van der Waals surface area contributed by atoms with Gasteiger partial charge in [-0.2, -0.15) is 4.21 Å².